The number of nitriles is 1. The fourth-order valence-electron chi connectivity index (χ4n) is 2.21. The predicted molar refractivity (Wildman–Crippen MR) is 106 cm³/mol. The number of nitrogens with zero attached hydrogens (tertiary/aromatic N) is 3. The number of hydrogen-bond donors (Lipinski definition) is 0. The fraction of sp³-hybridized carbons (Fsp3) is 0.250. The Morgan fingerprint density at radius 1 is 1.19 bits per heavy atom. The minimum Gasteiger partial charge on any atom is -0.451 e. The first kappa shape index (κ1) is 20.2. The van der Waals surface area contributed by atoms with Gasteiger partial charge in [-0.2, -0.15) is 5.26 Å². The Morgan fingerprint density at radius 3 is 2.44 bits per heavy atom. The van der Waals surface area contributed by atoms with Crippen LogP contribution in [0.1, 0.15) is 10.4 Å². The maximum atomic E-state index is 12.1. The first-order valence-corrected chi connectivity index (χ1v) is 9.11. The van der Waals surface area contributed by atoms with E-state index in [1.54, 1.807) is 30.5 Å². The average Bonchev–Trinajstić information content (AvgIpc) is 3.17. The second-order valence-corrected chi connectivity index (χ2v) is 7.09. The topological polar surface area (TPSA) is 73.6 Å². The molecular weight excluding hydrogens is 362 g/mol. The van der Waals surface area contributed by atoms with Crippen molar-refractivity contribution in [2.24, 2.45) is 0 Å². The molecule has 0 radical (unpaired) electrons. The zero-order valence-electron chi connectivity index (χ0n) is 15.5. The zero-order chi connectivity index (χ0) is 19.8. The molecule has 0 saturated carbocycles. The Hall–Kier alpha value is -3.11. The molecule has 2 aromatic rings. The van der Waals surface area contributed by atoms with Crippen LogP contribution in [0.2, 0.25) is 0 Å². The molecule has 27 heavy (non-hydrogen) atoms. The van der Waals surface area contributed by atoms with Crippen molar-refractivity contribution in [2.75, 3.05) is 32.6 Å². The van der Waals surface area contributed by atoms with Crippen molar-refractivity contribution in [3.8, 4) is 6.07 Å². The van der Waals surface area contributed by atoms with Gasteiger partial charge in [0.1, 0.15) is 11.6 Å². The first-order valence-electron chi connectivity index (χ1n) is 8.23. The molecule has 1 heterocycles. The molecule has 140 valence electrons. The number of thiophene rings is 1. The summed E-state index contributed by atoms with van der Waals surface area (Å²) < 4.78 is 5.01. The number of hydrogen-bond acceptors (Lipinski definition) is 6. The van der Waals surface area contributed by atoms with E-state index in [1.165, 1.54) is 11.0 Å². The molecular formula is C20H21N3O3S. The molecule has 0 fully saturated rings. The van der Waals surface area contributed by atoms with E-state index < -0.39 is 12.6 Å². The minimum atomic E-state index is -0.813. The summed E-state index contributed by atoms with van der Waals surface area (Å²) in [6.45, 7) is 0.0481. The van der Waals surface area contributed by atoms with Crippen LogP contribution >= 0.6 is 11.3 Å². The van der Waals surface area contributed by atoms with E-state index in [0.29, 0.717) is 12.1 Å². The third kappa shape index (κ3) is 5.97. The Morgan fingerprint density at radius 2 is 1.89 bits per heavy atom. The number of esters is 1. The van der Waals surface area contributed by atoms with Crippen LogP contribution in [0.25, 0.3) is 6.08 Å². The maximum Gasteiger partial charge on any atom is 0.349 e. The van der Waals surface area contributed by atoms with Crippen LogP contribution in [0.4, 0.5) is 5.69 Å². The largest absolute Gasteiger partial charge is 0.451 e. The van der Waals surface area contributed by atoms with Crippen LogP contribution in [0.5, 0.6) is 0 Å². The lowest BCUT2D eigenvalue weighted by atomic mass is 10.1. The lowest BCUT2D eigenvalue weighted by molar-refractivity contribution is -0.148. The maximum absolute atomic E-state index is 12.1. The van der Waals surface area contributed by atoms with Crippen LogP contribution in [0.3, 0.4) is 0 Å². The van der Waals surface area contributed by atoms with Gasteiger partial charge in [-0.05, 0) is 35.2 Å². The molecule has 1 amide bonds. The molecule has 0 N–H and O–H groups in total. The van der Waals surface area contributed by atoms with E-state index in [1.807, 2.05) is 54.7 Å². The summed E-state index contributed by atoms with van der Waals surface area (Å²) in [6.07, 6.45) is 1.45. The van der Waals surface area contributed by atoms with Gasteiger partial charge in [-0.15, -0.1) is 11.3 Å². The summed E-state index contributed by atoms with van der Waals surface area (Å²) >= 11 is 1.55. The average molecular weight is 383 g/mol. The third-order valence-corrected chi connectivity index (χ3v) is 4.65. The Bertz CT molecular complexity index is 850. The van der Waals surface area contributed by atoms with Gasteiger partial charge in [-0.3, -0.25) is 4.79 Å². The van der Waals surface area contributed by atoms with Gasteiger partial charge in [-0.25, -0.2) is 4.79 Å². The molecule has 1 aromatic carbocycles. The van der Waals surface area contributed by atoms with Crippen molar-refractivity contribution in [3.05, 3.63) is 57.8 Å². The van der Waals surface area contributed by atoms with Crippen LogP contribution < -0.4 is 4.90 Å². The quantitative estimate of drug-likeness (QED) is 0.418. The molecule has 0 unspecified atom stereocenters. The number of rotatable bonds is 7. The summed E-state index contributed by atoms with van der Waals surface area (Å²) in [7, 11) is 5.49. The number of amides is 1. The summed E-state index contributed by atoms with van der Waals surface area (Å²) in [6, 6.07) is 13.0. The monoisotopic (exact) mass is 383 g/mol. The SMILES string of the molecule is CN(Cc1cccs1)C(=O)COC(=O)/C(C#N)=C/c1ccc(N(C)C)cc1. The smallest absolute Gasteiger partial charge is 0.349 e. The molecule has 0 aliphatic carbocycles. The molecule has 0 aliphatic rings. The molecule has 0 bridgehead atoms. The molecule has 1 aromatic heterocycles. The number of anilines is 1. The standard InChI is InChI=1S/C20H21N3O3S/c1-22(2)17-8-6-15(7-9-17)11-16(12-21)20(25)26-14-19(24)23(3)13-18-5-4-10-27-18/h4-11H,13-14H2,1-3H3/b16-11+. The van der Waals surface area contributed by atoms with Crippen molar-refractivity contribution in [1.29, 1.82) is 5.26 Å². The first-order chi connectivity index (χ1) is 12.9. The number of benzene rings is 1. The van der Waals surface area contributed by atoms with E-state index in [0.717, 1.165) is 10.6 Å². The Kier molecular flexibility index (Phi) is 7.15. The minimum absolute atomic E-state index is 0.152. The Balaban J connectivity index is 1.94. The number of carbonyl (C=O) groups excluding carboxylic acids is 2. The molecule has 0 atom stereocenters. The van der Waals surface area contributed by atoms with Crippen LogP contribution in [0, 0.1) is 11.3 Å². The van der Waals surface area contributed by atoms with Crippen molar-refractivity contribution >= 4 is 35.0 Å². The van der Waals surface area contributed by atoms with Crippen molar-refractivity contribution < 1.29 is 14.3 Å². The van der Waals surface area contributed by atoms with Crippen molar-refractivity contribution in [3.63, 3.8) is 0 Å². The van der Waals surface area contributed by atoms with E-state index in [9.17, 15) is 14.9 Å². The molecule has 0 spiro atoms. The number of ether oxygens (including phenoxy) is 1. The highest BCUT2D eigenvalue weighted by atomic mass is 32.1. The van der Waals surface area contributed by atoms with E-state index in [4.69, 9.17) is 4.74 Å². The van der Waals surface area contributed by atoms with Gasteiger partial charge < -0.3 is 14.5 Å². The van der Waals surface area contributed by atoms with Gasteiger partial charge in [0, 0.05) is 31.7 Å². The highest BCUT2D eigenvalue weighted by Crippen LogP contribution is 2.15. The number of carbonyl (C=O) groups is 2. The van der Waals surface area contributed by atoms with Gasteiger partial charge in [0.2, 0.25) is 0 Å². The van der Waals surface area contributed by atoms with Gasteiger partial charge in [0.15, 0.2) is 6.61 Å². The Labute approximate surface area is 162 Å². The highest BCUT2D eigenvalue weighted by molar-refractivity contribution is 7.09. The van der Waals surface area contributed by atoms with E-state index in [2.05, 4.69) is 0 Å². The van der Waals surface area contributed by atoms with Crippen LogP contribution in [-0.4, -0.2) is 44.5 Å². The molecule has 0 aliphatic heterocycles. The lowest BCUT2D eigenvalue weighted by Gasteiger charge is -2.16. The fourth-order valence-corrected chi connectivity index (χ4v) is 2.97. The van der Waals surface area contributed by atoms with Crippen LogP contribution in [0.15, 0.2) is 47.4 Å². The predicted octanol–water partition coefficient (Wildman–Crippen LogP) is 2.92. The van der Waals surface area contributed by atoms with Crippen LogP contribution in [-0.2, 0) is 20.9 Å². The molecule has 7 heteroatoms. The second kappa shape index (κ2) is 9.55. The summed E-state index contributed by atoms with van der Waals surface area (Å²) in [5.74, 6) is -1.14. The lowest BCUT2D eigenvalue weighted by Crippen LogP contribution is -2.30. The van der Waals surface area contributed by atoms with Gasteiger partial charge in [-0.1, -0.05) is 18.2 Å². The summed E-state index contributed by atoms with van der Waals surface area (Å²) in [4.78, 5) is 28.7. The van der Waals surface area contributed by atoms with E-state index >= 15 is 0 Å². The summed E-state index contributed by atoms with van der Waals surface area (Å²) in [5, 5.41) is 11.2. The van der Waals surface area contributed by atoms with Crippen molar-refractivity contribution in [1.82, 2.24) is 4.90 Å². The summed E-state index contributed by atoms with van der Waals surface area (Å²) in [5.41, 5.74) is 1.56. The van der Waals surface area contributed by atoms with Gasteiger partial charge in [0.05, 0.1) is 6.54 Å². The van der Waals surface area contributed by atoms with Gasteiger partial charge >= 0.3 is 5.97 Å². The molecule has 6 nitrogen and oxygen atoms in total. The second-order valence-electron chi connectivity index (χ2n) is 6.06. The van der Waals surface area contributed by atoms with E-state index in [-0.39, 0.29) is 11.5 Å². The molecule has 0 saturated heterocycles. The third-order valence-electron chi connectivity index (χ3n) is 3.79. The number of likely N-dealkylation sites (N-methyl/N-ethyl adjacent to an activating group) is 1. The zero-order valence-corrected chi connectivity index (χ0v) is 16.3. The highest BCUT2D eigenvalue weighted by Gasteiger charge is 2.16. The van der Waals surface area contributed by atoms with Gasteiger partial charge in [0.25, 0.3) is 5.91 Å². The van der Waals surface area contributed by atoms with Crippen molar-refractivity contribution in [2.45, 2.75) is 6.54 Å². The molecule has 2 rings (SSSR count). The normalized spacial score (nSPS) is 10.8.